The Morgan fingerprint density at radius 1 is 1.78 bits per heavy atom. The molecule has 0 aliphatic heterocycles. The van der Waals surface area contributed by atoms with E-state index in [0.717, 1.165) is 0 Å². The topological polar surface area (TPSA) is 9.23 Å². The summed E-state index contributed by atoms with van der Waals surface area (Å²) in [5.74, 6) is 0.362. The molecule has 0 spiro atoms. The molecule has 0 aliphatic carbocycles. The van der Waals surface area contributed by atoms with Gasteiger partial charge in [-0.15, -0.1) is 6.58 Å². The Hall–Kier alpha value is 0.490. The third kappa shape index (κ3) is 6.37. The highest BCUT2D eigenvalue weighted by Crippen LogP contribution is 1.95. The molecule has 54 valence electrons. The van der Waals surface area contributed by atoms with Gasteiger partial charge in [0.05, 0.1) is 6.61 Å². The Labute approximate surface area is 67.1 Å². The molecular weight excluding hydrogens is 172 g/mol. The molecule has 0 saturated heterocycles. The Bertz CT molecular complexity index is 142. The maximum Gasteiger partial charge on any atom is 0.0676 e. The minimum absolute atomic E-state index is 0.362. The summed E-state index contributed by atoms with van der Waals surface area (Å²) in [7, 11) is -1.02. The van der Waals surface area contributed by atoms with Crippen LogP contribution < -0.4 is 0 Å². The molecule has 0 bridgehead atoms. The average molecular weight is 182 g/mol. The van der Waals surface area contributed by atoms with Gasteiger partial charge in [-0.05, 0) is 28.3 Å². The molecule has 0 aromatic rings. The van der Waals surface area contributed by atoms with E-state index in [9.17, 15) is 0 Å². The van der Waals surface area contributed by atoms with Crippen LogP contribution in [0.2, 0.25) is 0 Å². The lowest BCUT2D eigenvalue weighted by molar-refractivity contribution is 0.335. The maximum absolute atomic E-state index is 5.02. The van der Waals surface area contributed by atoms with E-state index in [1.807, 2.05) is 13.0 Å². The van der Waals surface area contributed by atoms with Gasteiger partial charge < -0.3 is 4.18 Å². The van der Waals surface area contributed by atoms with Gasteiger partial charge in [-0.3, -0.25) is 0 Å². The largest absolute Gasteiger partial charge is 0.312 e. The monoisotopic (exact) mass is 182 g/mol. The Balaban J connectivity index is 3.38. The van der Waals surface area contributed by atoms with Crippen LogP contribution in [0.1, 0.15) is 6.92 Å². The number of hydrogen-bond donors (Lipinski definition) is 1. The lowest BCUT2D eigenvalue weighted by Crippen LogP contribution is -1.99. The molecule has 0 rings (SSSR count). The lowest BCUT2D eigenvalue weighted by atomic mass is 10.2. The van der Waals surface area contributed by atoms with Gasteiger partial charge in [0.1, 0.15) is 0 Å². The number of thiol groups is 1. The quantitative estimate of drug-likeness (QED) is 0.514. The SMILES string of the molecule is C=C[C@@H](C)CO[SH](=S)=S. The molecule has 0 fully saturated rings. The summed E-state index contributed by atoms with van der Waals surface area (Å²) in [5.41, 5.74) is 0. The van der Waals surface area contributed by atoms with E-state index in [0.29, 0.717) is 12.5 Å². The van der Waals surface area contributed by atoms with E-state index in [1.54, 1.807) is 0 Å². The third-order valence-electron chi connectivity index (χ3n) is 0.845. The molecule has 4 heteroatoms. The summed E-state index contributed by atoms with van der Waals surface area (Å²) >= 11 is 9.34. The second-order valence-corrected chi connectivity index (χ2v) is 5.12. The smallest absolute Gasteiger partial charge is 0.0676 e. The first-order chi connectivity index (χ1) is 4.16. The zero-order chi connectivity index (χ0) is 7.28. The standard InChI is InChI=1S/C5H10OS3/c1-3-5(2)4-6-9(7)8/h3,5,9H,1,4H2,2H3/t5-/m1/s1. The van der Waals surface area contributed by atoms with Crippen molar-refractivity contribution in [2.24, 2.45) is 5.92 Å². The summed E-state index contributed by atoms with van der Waals surface area (Å²) in [4.78, 5) is 0. The van der Waals surface area contributed by atoms with Crippen LogP contribution in [-0.2, 0) is 34.9 Å². The molecule has 0 radical (unpaired) electrons. The fourth-order valence-corrected chi connectivity index (χ4v) is 0.968. The van der Waals surface area contributed by atoms with Crippen LogP contribution in [0.3, 0.4) is 0 Å². The molecule has 9 heavy (non-hydrogen) atoms. The Morgan fingerprint density at radius 2 is 2.33 bits per heavy atom. The normalized spacial score (nSPS) is 13.6. The molecule has 0 amide bonds. The van der Waals surface area contributed by atoms with Crippen LogP contribution in [0, 0.1) is 5.92 Å². The highest BCUT2D eigenvalue weighted by molar-refractivity contribution is 8.44. The van der Waals surface area contributed by atoms with Crippen LogP contribution >= 0.6 is 0 Å². The molecular formula is C5H10OS3. The first kappa shape index (κ1) is 9.49. The Kier molecular flexibility index (Phi) is 5.58. The summed E-state index contributed by atoms with van der Waals surface area (Å²) < 4.78 is 5.02. The van der Waals surface area contributed by atoms with Crippen molar-refractivity contribution in [3.8, 4) is 0 Å². The first-order valence-electron chi connectivity index (χ1n) is 2.56. The van der Waals surface area contributed by atoms with Gasteiger partial charge in [0.15, 0.2) is 0 Å². The fraction of sp³-hybridized carbons (Fsp3) is 0.600. The maximum atomic E-state index is 5.02. The minimum atomic E-state index is -1.02. The lowest BCUT2D eigenvalue weighted by Gasteiger charge is -2.01. The zero-order valence-corrected chi connectivity index (χ0v) is 7.77. The molecule has 0 unspecified atom stereocenters. The molecule has 0 heterocycles. The van der Waals surface area contributed by atoms with Gasteiger partial charge in [0.25, 0.3) is 0 Å². The first-order valence-corrected chi connectivity index (χ1v) is 5.85. The molecule has 0 N–H and O–H groups in total. The third-order valence-corrected chi connectivity index (χ3v) is 1.84. The van der Waals surface area contributed by atoms with E-state index >= 15 is 0 Å². The van der Waals surface area contributed by atoms with Crippen molar-refractivity contribution in [1.29, 1.82) is 0 Å². The van der Waals surface area contributed by atoms with Crippen LogP contribution in [0.5, 0.6) is 0 Å². The summed E-state index contributed by atoms with van der Waals surface area (Å²) in [5, 5.41) is 0. The minimum Gasteiger partial charge on any atom is -0.312 e. The number of rotatable bonds is 4. The van der Waals surface area contributed by atoms with Gasteiger partial charge in [-0.2, -0.15) is 0 Å². The van der Waals surface area contributed by atoms with Crippen LogP contribution in [0.4, 0.5) is 0 Å². The van der Waals surface area contributed by atoms with Crippen LogP contribution in [-0.4, -0.2) is 6.61 Å². The average Bonchev–Trinajstić information content (AvgIpc) is 1.83. The molecule has 0 aromatic carbocycles. The van der Waals surface area contributed by atoms with Crippen molar-refractivity contribution in [3.63, 3.8) is 0 Å². The van der Waals surface area contributed by atoms with E-state index in [4.69, 9.17) is 4.18 Å². The molecule has 1 atom stereocenters. The number of hydrogen-bond acceptors (Lipinski definition) is 3. The van der Waals surface area contributed by atoms with Gasteiger partial charge in [0.2, 0.25) is 0 Å². The van der Waals surface area contributed by atoms with Crippen molar-refractivity contribution in [3.05, 3.63) is 12.7 Å². The van der Waals surface area contributed by atoms with E-state index < -0.39 is 8.29 Å². The van der Waals surface area contributed by atoms with Crippen molar-refractivity contribution >= 4 is 30.7 Å². The zero-order valence-electron chi connectivity index (χ0n) is 5.24. The predicted molar refractivity (Wildman–Crippen MR) is 48.8 cm³/mol. The second kappa shape index (κ2) is 5.29. The highest BCUT2D eigenvalue weighted by Gasteiger charge is 1.92. The van der Waals surface area contributed by atoms with Crippen molar-refractivity contribution in [2.45, 2.75) is 6.92 Å². The van der Waals surface area contributed by atoms with Gasteiger partial charge >= 0.3 is 0 Å². The summed E-state index contributed by atoms with van der Waals surface area (Å²) in [6, 6.07) is 0. The van der Waals surface area contributed by atoms with E-state index in [2.05, 4.69) is 29.0 Å². The summed E-state index contributed by atoms with van der Waals surface area (Å²) in [6.45, 7) is 6.22. The second-order valence-electron chi connectivity index (χ2n) is 1.73. The van der Waals surface area contributed by atoms with Gasteiger partial charge in [0, 0.05) is 8.29 Å². The van der Waals surface area contributed by atoms with E-state index in [-0.39, 0.29) is 0 Å². The molecule has 0 aromatic heterocycles. The van der Waals surface area contributed by atoms with Crippen molar-refractivity contribution < 1.29 is 4.18 Å². The predicted octanol–water partition coefficient (Wildman–Crippen LogP) is 1.01. The van der Waals surface area contributed by atoms with Gasteiger partial charge in [-0.25, -0.2) is 0 Å². The van der Waals surface area contributed by atoms with Crippen LogP contribution in [0.25, 0.3) is 0 Å². The molecule has 0 aliphatic rings. The summed E-state index contributed by atoms with van der Waals surface area (Å²) in [6.07, 6.45) is 1.82. The highest BCUT2D eigenvalue weighted by atomic mass is 33.1. The van der Waals surface area contributed by atoms with Gasteiger partial charge in [-0.1, -0.05) is 13.0 Å². The van der Waals surface area contributed by atoms with Crippen molar-refractivity contribution in [1.82, 2.24) is 0 Å². The fourth-order valence-electron chi connectivity index (χ4n) is 0.246. The Morgan fingerprint density at radius 3 is 2.67 bits per heavy atom. The van der Waals surface area contributed by atoms with Crippen LogP contribution in [0.15, 0.2) is 12.7 Å². The molecule has 1 nitrogen and oxygen atoms in total. The molecule has 0 saturated carbocycles. The van der Waals surface area contributed by atoms with E-state index in [1.165, 1.54) is 0 Å². The van der Waals surface area contributed by atoms with Crippen molar-refractivity contribution in [2.75, 3.05) is 6.61 Å².